The minimum absolute atomic E-state index is 0.000382. The van der Waals surface area contributed by atoms with Gasteiger partial charge in [0.25, 0.3) is 0 Å². The van der Waals surface area contributed by atoms with Gasteiger partial charge in [-0.25, -0.2) is 13.1 Å². The normalized spacial score (nSPS) is 20.7. The maximum Gasteiger partial charge on any atom is 0.227 e. The van der Waals surface area contributed by atoms with Gasteiger partial charge in [-0.1, -0.05) is 6.07 Å². The first-order chi connectivity index (χ1) is 12.7. The third-order valence-corrected chi connectivity index (χ3v) is 7.05. The van der Waals surface area contributed by atoms with Crippen LogP contribution in [0.3, 0.4) is 0 Å². The molecule has 1 heterocycles. The lowest BCUT2D eigenvalue weighted by Gasteiger charge is -2.28. The van der Waals surface area contributed by atoms with Crippen LogP contribution in [-0.2, 0) is 14.8 Å². The highest BCUT2D eigenvalue weighted by molar-refractivity contribution is 7.90. The van der Waals surface area contributed by atoms with Crippen molar-refractivity contribution >= 4 is 32.5 Å². The molecule has 0 atom stereocenters. The zero-order valence-electron chi connectivity index (χ0n) is 16.0. The van der Waals surface area contributed by atoms with E-state index in [0.29, 0.717) is 25.7 Å². The number of benzene rings is 1. The number of nitrogens with one attached hydrogen (secondary N) is 2. The molecule has 1 fully saturated rings. The van der Waals surface area contributed by atoms with Gasteiger partial charge >= 0.3 is 0 Å². The number of aromatic nitrogens is 1. The van der Waals surface area contributed by atoms with E-state index in [9.17, 15) is 13.2 Å². The van der Waals surface area contributed by atoms with E-state index in [-0.39, 0.29) is 17.9 Å². The summed E-state index contributed by atoms with van der Waals surface area (Å²) in [5.74, 6) is -0.0868. The van der Waals surface area contributed by atoms with Gasteiger partial charge in [-0.3, -0.25) is 9.78 Å². The average Bonchev–Trinajstić information content (AvgIpc) is 2.62. The van der Waals surface area contributed by atoms with Crippen LogP contribution >= 0.6 is 0 Å². The van der Waals surface area contributed by atoms with Crippen LogP contribution in [0.4, 0.5) is 5.69 Å². The molecule has 7 heteroatoms. The SMILES string of the molecule is Cc1ccc2cc(NC(=O)C3CCC(NS(=O)(=O)C(C)C)CC3)ccc2n1. The summed E-state index contributed by atoms with van der Waals surface area (Å²) in [6, 6.07) is 9.59. The van der Waals surface area contributed by atoms with Gasteiger partial charge < -0.3 is 5.32 Å². The number of hydrogen-bond acceptors (Lipinski definition) is 4. The van der Waals surface area contributed by atoms with Crippen molar-refractivity contribution in [1.82, 2.24) is 9.71 Å². The van der Waals surface area contributed by atoms with Crippen molar-refractivity contribution in [3.63, 3.8) is 0 Å². The van der Waals surface area contributed by atoms with Crippen LogP contribution < -0.4 is 10.0 Å². The van der Waals surface area contributed by atoms with E-state index in [2.05, 4.69) is 15.0 Å². The molecule has 1 aliphatic rings. The Hall–Kier alpha value is -1.99. The molecular weight excluding hydrogens is 362 g/mol. The van der Waals surface area contributed by atoms with E-state index in [1.807, 2.05) is 37.3 Å². The number of fused-ring (bicyclic) bond motifs is 1. The number of pyridine rings is 1. The van der Waals surface area contributed by atoms with Crippen LogP contribution in [0.5, 0.6) is 0 Å². The van der Waals surface area contributed by atoms with Crippen LogP contribution in [0.1, 0.15) is 45.2 Å². The van der Waals surface area contributed by atoms with Gasteiger partial charge in [-0.15, -0.1) is 0 Å². The Bertz CT molecular complexity index is 933. The van der Waals surface area contributed by atoms with Crippen molar-refractivity contribution in [3.8, 4) is 0 Å². The van der Waals surface area contributed by atoms with E-state index in [4.69, 9.17) is 0 Å². The van der Waals surface area contributed by atoms with E-state index in [1.54, 1.807) is 13.8 Å². The average molecular weight is 390 g/mol. The number of anilines is 1. The molecule has 1 amide bonds. The first-order valence-corrected chi connectivity index (χ1v) is 11.0. The maximum atomic E-state index is 12.6. The summed E-state index contributed by atoms with van der Waals surface area (Å²) in [5.41, 5.74) is 2.64. The Morgan fingerprint density at radius 2 is 1.81 bits per heavy atom. The second-order valence-corrected chi connectivity index (χ2v) is 9.88. The highest BCUT2D eigenvalue weighted by atomic mass is 32.2. The third-order valence-electron chi connectivity index (χ3n) is 5.15. The van der Waals surface area contributed by atoms with Crippen molar-refractivity contribution in [1.29, 1.82) is 0 Å². The van der Waals surface area contributed by atoms with Crippen molar-refractivity contribution in [2.24, 2.45) is 5.92 Å². The standard InChI is InChI=1S/C20H27N3O3S/c1-13(2)27(25,26)23-17-8-6-15(7-9-17)20(24)22-18-10-11-19-16(12-18)5-4-14(3)21-19/h4-5,10-13,15,17,23H,6-9H2,1-3H3,(H,22,24). The molecule has 1 aromatic carbocycles. The van der Waals surface area contributed by atoms with Crippen molar-refractivity contribution in [2.45, 2.75) is 57.7 Å². The zero-order chi connectivity index (χ0) is 19.6. The Morgan fingerprint density at radius 3 is 2.48 bits per heavy atom. The van der Waals surface area contributed by atoms with Crippen LogP contribution in [0, 0.1) is 12.8 Å². The van der Waals surface area contributed by atoms with Crippen LogP contribution in [0.15, 0.2) is 30.3 Å². The topological polar surface area (TPSA) is 88.2 Å². The molecule has 3 rings (SSSR count). The van der Waals surface area contributed by atoms with Gasteiger partial charge in [0.15, 0.2) is 0 Å². The van der Waals surface area contributed by atoms with E-state index in [0.717, 1.165) is 22.3 Å². The number of nitrogens with zero attached hydrogens (tertiary/aromatic N) is 1. The summed E-state index contributed by atoms with van der Waals surface area (Å²) in [6.07, 6.45) is 2.74. The number of rotatable bonds is 5. The highest BCUT2D eigenvalue weighted by Crippen LogP contribution is 2.27. The molecule has 1 saturated carbocycles. The molecule has 6 nitrogen and oxygen atoms in total. The summed E-state index contributed by atoms with van der Waals surface area (Å²) in [7, 11) is -3.26. The number of carbonyl (C=O) groups is 1. The Labute approximate surface area is 160 Å². The first-order valence-electron chi connectivity index (χ1n) is 9.44. The molecule has 1 aromatic heterocycles. The number of amides is 1. The summed E-state index contributed by atoms with van der Waals surface area (Å²) in [5, 5.41) is 3.55. The van der Waals surface area contributed by atoms with Crippen LogP contribution in [0.25, 0.3) is 10.9 Å². The first kappa shape index (κ1) is 19.8. The second-order valence-electron chi connectivity index (χ2n) is 7.61. The fraction of sp³-hybridized carbons (Fsp3) is 0.500. The minimum Gasteiger partial charge on any atom is -0.326 e. The summed E-state index contributed by atoms with van der Waals surface area (Å²) < 4.78 is 26.7. The Morgan fingerprint density at radius 1 is 1.11 bits per heavy atom. The van der Waals surface area contributed by atoms with Crippen molar-refractivity contribution < 1.29 is 13.2 Å². The molecule has 0 aliphatic heterocycles. The lowest BCUT2D eigenvalue weighted by Crippen LogP contribution is -2.42. The predicted molar refractivity (Wildman–Crippen MR) is 108 cm³/mol. The van der Waals surface area contributed by atoms with Gasteiger partial charge in [0.2, 0.25) is 15.9 Å². The smallest absolute Gasteiger partial charge is 0.227 e. The number of sulfonamides is 1. The zero-order valence-corrected chi connectivity index (χ0v) is 16.8. The van der Waals surface area contributed by atoms with Gasteiger partial charge in [-0.05, 0) is 70.7 Å². The quantitative estimate of drug-likeness (QED) is 0.821. The Balaban J connectivity index is 1.57. The molecular formula is C20H27N3O3S. The molecule has 0 saturated heterocycles. The monoisotopic (exact) mass is 389 g/mol. The summed E-state index contributed by atoms with van der Waals surface area (Å²) in [6.45, 7) is 5.29. The third kappa shape index (κ3) is 4.84. The molecule has 0 radical (unpaired) electrons. The van der Waals surface area contributed by atoms with Gasteiger partial charge in [0.05, 0.1) is 10.8 Å². The second kappa shape index (κ2) is 7.94. The molecule has 0 spiro atoms. The molecule has 146 valence electrons. The fourth-order valence-electron chi connectivity index (χ4n) is 3.39. The van der Waals surface area contributed by atoms with Gasteiger partial charge in [0, 0.05) is 28.7 Å². The predicted octanol–water partition coefficient (Wildman–Crippen LogP) is 3.37. The molecule has 0 bridgehead atoms. The molecule has 0 unspecified atom stereocenters. The lowest BCUT2D eigenvalue weighted by atomic mass is 9.86. The maximum absolute atomic E-state index is 12.6. The Kier molecular flexibility index (Phi) is 5.81. The van der Waals surface area contributed by atoms with E-state index < -0.39 is 15.3 Å². The largest absolute Gasteiger partial charge is 0.326 e. The van der Waals surface area contributed by atoms with Crippen LogP contribution in [0.2, 0.25) is 0 Å². The lowest BCUT2D eigenvalue weighted by molar-refractivity contribution is -0.120. The molecule has 27 heavy (non-hydrogen) atoms. The molecule has 1 aliphatic carbocycles. The van der Waals surface area contributed by atoms with E-state index in [1.165, 1.54) is 0 Å². The van der Waals surface area contributed by atoms with Crippen LogP contribution in [-0.4, -0.2) is 30.6 Å². The van der Waals surface area contributed by atoms with Gasteiger partial charge in [-0.2, -0.15) is 0 Å². The van der Waals surface area contributed by atoms with Gasteiger partial charge in [0.1, 0.15) is 0 Å². The minimum atomic E-state index is -3.26. The number of carbonyl (C=O) groups excluding carboxylic acids is 1. The molecule has 2 aromatic rings. The van der Waals surface area contributed by atoms with Crippen molar-refractivity contribution in [2.75, 3.05) is 5.32 Å². The number of hydrogen-bond donors (Lipinski definition) is 2. The fourth-order valence-corrected chi connectivity index (χ4v) is 4.36. The van der Waals surface area contributed by atoms with E-state index >= 15 is 0 Å². The molecule has 2 N–H and O–H groups in total. The summed E-state index contributed by atoms with van der Waals surface area (Å²) in [4.78, 5) is 17.1. The number of aryl methyl sites for hydroxylation is 1. The summed E-state index contributed by atoms with van der Waals surface area (Å²) >= 11 is 0. The highest BCUT2D eigenvalue weighted by Gasteiger charge is 2.29. The van der Waals surface area contributed by atoms with Crippen molar-refractivity contribution in [3.05, 3.63) is 36.0 Å².